The second-order valence-corrected chi connectivity index (χ2v) is 6.86. The zero-order valence-corrected chi connectivity index (χ0v) is 16.4. The van der Waals surface area contributed by atoms with Gasteiger partial charge in [-0.1, -0.05) is 48.0 Å². The number of benzene rings is 3. The van der Waals surface area contributed by atoms with E-state index in [1.807, 2.05) is 43.3 Å². The van der Waals surface area contributed by atoms with E-state index in [1.165, 1.54) is 5.56 Å². The third-order valence-corrected chi connectivity index (χ3v) is 4.43. The molecule has 0 unspecified atom stereocenters. The topological polar surface area (TPSA) is 70.2 Å². The number of aryl methyl sites for hydroxylation is 1. The maximum atomic E-state index is 12.3. The zero-order chi connectivity index (χ0) is 20.5. The van der Waals surface area contributed by atoms with E-state index in [2.05, 4.69) is 28.1 Å². The Balaban J connectivity index is 1.42. The van der Waals surface area contributed by atoms with Crippen molar-refractivity contribution in [3.63, 3.8) is 0 Å². The predicted octanol–water partition coefficient (Wildman–Crippen LogP) is 4.02. The summed E-state index contributed by atoms with van der Waals surface area (Å²) in [5.41, 5.74) is 4.25. The van der Waals surface area contributed by atoms with E-state index in [4.69, 9.17) is 0 Å². The van der Waals surface area contributed by atoms with Crippen LogP contribution in [0.25, 0.3) is 0 Å². The van der Waals surface area contributed by atoms with Gasteiger partial charge in [0.25, 0.3) is 5.91 Å². The Morgan fingerprint density at radius 2 is 1.48 bits per heavy atom. The number of amides is 2. The summed E-state index contributed by atoms with van der Waals surface area (Å²) in [6.07, 6.45) is 0.878. The first kappa shape index (κ1) is 20.3. The van der Waals surface area contributed by atoms with E-state index < -0.39 is 0 Å². The number of carbonyl (C=O) groups is 2. The molecule has 3 aromatic carbocycles. The zero-order valence-electron chi connectivity index (χ0n) is 16.4. The normalized spacial score (nSPS) is 10.4. The molecule has 0 fully saturated rings. The first-order chi connectivity index (χ1) is 14.1. The van der Waals surface area contributed by atoms with Crippen molar-refractivity contribution in [2.75, 3.05) is 23.7 Å². The van der Waals surface area contributed by atoms with E-state index in [1.54, 1.807) is 30.3 Å². The smallest absolute Gasteiger partial charge is 0.255 e. The van der Waals surface area contributed by atoms with E-state index in [0.29, 0.717) is 16.9 Å². The third kappa shape index (κ3) is 6.59. The van der Waals surface area contributed by atoms with Crippen molar-refractivity contribution in [1.82, 2.24) is 5.32 Å². The summed E-state index contributed by atoms with van der Waals surface area (Å²) in [7, 11) is 0. The molecule has 0 saturated heterocycles. The van der Waals surface area contributed by atoms with Crippen LogP contribution in [0.5, 0.6) is 0 Å². The van der Waals surface area contributed by atoms with Gasteiger partial charge in [0.15, 0.2) is 0 Å². The minimum absolute atomic E-state index is 0.102. The van der Waals surface area contributed by atoms with Crippen LogP contribution in [0, 0.1) is 6.92 Å². The first-order valence-corrected chi connectivity index (χ1v) is 9.63. The lowest BCUT2D eigenvalue weighted by atomic mass is 10.1. The van der Waals surface area contributed by atoms with Crippen molar-refractivity contribution in [2.24, 2.45) is 0 Å². The van der Waals surface area contributed by atoms with E-state index >= 15 is 0 Å². The minimum atomic E-state index is -0.159. The summed E-state index contributed by atoms with van der Waals surface area (Å²) in [6, 6.07) is 24.7. The molecule has 2 amide bonds. The van der Waals surface area contributed by atoms with Crippen LogP contribution < -0.4 is 16.0 Å². The van der Waals surface area contributed by atoms with Gasteiger partial charge < -0.3 is 16.0 Å². The molecule has 0 aromatic heterocycles. The summed E-state index contributed by atoms with van der Waals surface area (Å²) in [4.78, 5) is 24.3. The van der Waals surface area contributed by atoms with Crippen molar-refractivity contribution >= 4 is 23.2 Å². The summed E-state index contributed by atoms with van der Waals surface area (Å²) < 4.78 is 0. The monoisotopic (exact) mass is 387 g/mol. The highest BCUT2D eigenvalue weighted by molar-refractivity contribution is 6.04. The summed E-state index contributed by atoms with van der Waals surface area (Å²) >= 11 is 0. The number of carbonyl (C=O) groups excluding carboxylic acids is 2. The Bertz CT molecular complexity index is 953. The Morgan fingerprint density at radius 3 is 2.17 bits per heavy atom. The van der Waals surface area contributed by atoms with E-state index in [9.17, 15) is 9.59 Å². The van der Waals surface area contributed by atoms with Crippen molar-refractivity contribution in [3.8, 4) is 0 Å². The van der Waals surface area contributed by atoms with Gasteiger partial charge >= 0.3 is 0 Å². The van der Waals surface area contributed by atoms with Gasteiger partial charge in [-0.15, -0.1) is 0 Å². The SMILES string of the molecule is Cc1cccc(C(=O)Nc2ccc(NC(=O)CNCCc3ccccc3)cc2)c1. The fraction of sp³-hybridized carbons (Fsp3) is 0.167. The fourth-order valence-electron chi connectivity index (χ4n) is 2.91. The Kier molecular flexibility index (Phi) is 7.14. The van der Waals surface area contributed by atoms with Crippen LogP contribution in [0.3, 0.4) is 0 Å². The highest BCUT2D eigenvalue weighted by Gasteiger charge is 2.07. The number of rotatable bonds is 8. The average molecular weight is 387 g/mol. The van der Waals surface area contributed by atoms with Crippen LogP contribution in [-0.2, 0) is 11.2 Å². The summed E-state index contributed by atoms with van der Waals surface area (Å²) in [6.45, 7) is 2.94. The maximum absolute atomic E-state index is 12.3. The van der Waals surface area contributed by atoms with Gasteiger partial charge in [0.2, 0.25) is 5.91 Å². The molecule has 5 heteroatoms. The van der Waals surface area contributed by atoms with E-state index in [0.717, 1.165) is 18.5 Å². The Hall–Kier alpha value is -3.44. The second-order valence-electron chi connectivity index (χ2n) is 6.86. The molecular weight excluding hydrogens is 362 g/mol. The quantitative estimate of drug-likeness (QED) is 0.511. The van der Waals surface area contributed by atoms with Crippen molar-refractivity contribution < 1.29 is 9.59 Å². The Morgan fingerprint density at radius 1 is 0.793 bits per heavy atom. The Labute approximate surface area is 171 Å². The molecule has 0 aliphatic heterocycles. The minimum Gasteiger partial charge on any atom is -0.325 e. The lowest BCUT2D eigenvalue weighted by Crippen LogP contribution is -2.29. The average Bonchev–Trinajstić information content (AvgIpc) is 2.73. The maximum Gasteiger partial charge on any atom is 0.255 e. The highest BCUT2D eigenvalue weighted by atomic mass is 16.2. The molecule has 3 aromatic rings. The van der Waals surface area contributed by atoms with Gasteiger partial charge in [0.05, 0.1) is 6.54 Å². The highest BCUT2D eigenvalue weighted by Crippen LogP contribution is 2.15. The molecule has 0 saturated carbocycles. The number of hydrogen-bond donors (Lipinski definition) is 3. The largest absolute Gasteiger partial charge is 0.325 e. The standard InChI is InChI=1S/C24H25N3O2/c1-18-6-5-9-20(16-18)24(29)27-22-12-10-21(11-13-22)26-23(28)17-25-15-14-19-7-3-2-4-8-19/h2-13,16,25H,14-15,17H2,1H3,(H,26,28)(H,27,29). The van der Waals surface area contributed by atoms with Gasteiger partial charge in [0.1, 0.15) is 0 Å². The van der Waals surface area contributed by atoms with Crippen molar-refractivity contribution in [1.29, 1.82) is 0 Å². The van der Waals surface area contributed by atoms with E-state index in [-0.39, 0.29) is 18.4 Å². The molecule has 0 spiro atoms. The molecule has 3 N–H and O–H groups in total. The fourth-order valence-corrected chi connectivity index (χ4v) is 2.91. The molecule has 0 aliphatic rings. The number of hydrogen-bond acceptors (Lipinski definition) is 3. The molecule has 0 aliphatic carbocycles. The van der Waals surface area contributed by atoms with Gasteiger partial charge in [-0.05, 0) is 61.9 Å². The first-order valence-electron chi connectivity index (χ1n) is 9.63. The van der Waals surface area contributed by atoms with Gasteiger partial charge in [-0.25, -0.2) is 0 Å². The number of nitrogens with one attached hydrogen (secondary N) is 3. The van der Waals surface area contributed by atoms with Crippen LogP contribution in [0.2, 0.25) is 0 Å². The van der Waals surface area contributed by atoms with Crippen LogP contribution >= 0.6 is 0 Å². The van der Waals surface area contributed by atoms with Gasteiger partial charge in [0, 0.05) is 16.9 Å². The molecule has 0 atom stereocenters. The van der Waals surface area contributed by atoms with Crippen LogP contribution in [0.4, 0.5) is 11.4 Å². The molecule has 3 rings (SSSR count). The molecule has 0 radical (unpaired) electrons. The van der Waals surface area contributed by atoms with Crippen molar-refractivity contribution in [3.05, 3.63) is 95.6 Å². The van der Waals surface area contributed by atoms with Gasteiger partial charge in [-0.2, -0.15) is 0 Å². The molecule has 5 nitrogen and oxygen atoms in total. The third-order valence-electron chi connectivity index (χ3n) is 4.43. The molecule has 0 heterocycles. The number of anilines is 2. The van der Waals surface area contributed by atoms with Gasteiger partial charge in [-0.3, -0.25) is 9.59 Å². The molecular formula is C24H25N3O2. The van der Waals surface area contributed by atoms with Crippen LogP contribution in [0.1, 0.15) is 21.5 Å². The second kappa shape index (κ2) is 10.2. The molecule has 29 heavy (non-hydrogen) atoms. The lowest BCUT2D eigenvalue weighted by molar-refractivity contribution is -0.115. The van der Waals surface area contributed by atoms with Crippen LogP contribution in [0.15, 0.2) is 78.9 Å². The predicted molar refractivity (Wildman–Crippen MR) is 117 cm³/mol. The molecule has 148 valence electrons. The summed E-state index contributed by atoms with van der Waals surface area (Å²) in [5.74, 6) is -0.261. The van der Waals surface area contributed by atoms with Crippen molar-refractivity contribution in [2.45, 2.75) is 13.3 Å². The van der Waals surface area contributed by atoms with Crippen LogP contribution in [-0.4, -0.2) is 24.9 Å². The summed E-state index contributed by atoms with van der Waals surface area (Å²) in [5, 5.41) is 8.85. The lowest BCUT2D eigenvalue weighted by Gasteiger charge is -2.09. The molecule has 0 bridgehead atoms.